The number of anilines is 1. The number of hydrogen-bond donors (Lipinski definition) is 2. The van der Waals surface area contributed by atoms with Crippen LogP contribution in [0.15, 0.2) is 36.4 Å². The van der Waals surface area contributed by atoms with Gasteiger partial charge < -0.3 is 10.4 Å². The number of halogens is 2. The van der Waals surface area contributed by atoms with Gasteiger partial charge in [0.25, 0.3) is 0 Å². The fraction of sp³-hybridized carbons (Fsp3) is 0.133. The number of aryl methyl sites for hydroxylation is 1. The molecule has 0 aliphatic heterocycles. The monoisotopic (exact) mass is 309 g/mol. The molecule has 0 unspecified atom stereocenters. The molecule has 2 N–H and O–H groups in total. The van der Waals surface area contributed by atoms with Crippen molar-refractivity contribution in [3.63, 3.8) is 0 Å². The van der Waals surface area contributed by atoms with Crippen molar-refractivity contribution in [2.75, 3.05) is 5.32 Å². The summed E-state index contributed by atoms with van der Waals surface area (Å²) < 4.78 is 0. The van der Waals surface area contributed by atoms with Crippen LogP contribution in [-0.4, -0.2) is 11.1 Å². The molecule has 0 heterocycles. The molecule has 0 aliphatic rings. The van der Waals surface area contributed by atoms with Gasteiger partial charge >= 0.3 is 5.97 Å². The Bertz CT molecular complexity index is 656. The molecule has 104 valence electrons. The summed E-state index contributed by atoms with van der Waals surface area (Å²) in [5, 5.41) is 13.4. The summed E-state index contributed by atoms with van der Waals surface area (Å²) >= 11 is 12.2. The third kappa shape index (κ3) is 3.24. The van der Waals surface area contributed by atoms with Crippen LogP contribution in [0.2, 0.25) is 10.0 Å². The van der Waals surface area contributed by atoms with Gasteiger partial charge in [0, 0.05) is 11.6 Å². The second-order valence-corrected chi connectivity index (χ2v) is 5.21. The first kappa shape index (κ1) is 14.7. The molecule has 0 saturated heterocycles. The van der Waals surface area contributed by atoms with Crippen molar-refractivity contribution >= 4 is 34.9 Å². The molecule has 2 aromatic carbocycles. The molecule has 3 nitrogen and oxygen atoms in total. The first-order chi connectivity index (χ1) is 9.49. The normalized spacial score (nSPS) is 10.3. The summed E-state index contributed by atoms with van der Waals surface area (Å²) in [6.07, 6.45) is 0. The predicted molar refractivity (Wildman–Crippen MR) is 81.9 cm³/mol. The van der Waals surface area contributed by atoms with E-state index < -0.39 is 5.97 Å². The molecule has 0 saturated carbocycles. The smallest absolute Gasteiger partial charge is 0.336 e. The standard InChI is InChI=1S/C15H13Cl2NO2/c1-9-6-13(17)14(7-12(9)16)18-8-10-4-2-3-5-11(10)15(19)20/h2-7,18H,8H2,1H3,(H,19,20). The van der Waals surface area contributed by atoms with Gasteiger partial charge in [-0.15, -0.1) is 0 Å². The molecule has 0 bridgehead atoms. The Morgan fingerprint density at radius 3 is 2.60 bits per heavy atom. The van der Waals surface area contributed by atoms with E-state index in [1.165, 1.54) is 0 Å². The fourth-order valence-electron chi connectivity index (χ4n) is 1.86. The predicted octanol–water partition coefficient (Wildman–Crippen LogP) is 4.61. The zero-order valence-corrected chi connectivity index (χ0v) is 12.3. The summed E-state index contributed by atoms with van der Waals surface area (Å²) in [6, 6.07) is 10.3. The SMILES string of the molecule is Cc1cc(Cl)c(NCc2ccccc2C(=O)O)cc1Cl. The van der Waals surface area contributed by atoms with E-state index in [-0.39, 0.29) is 5.56 Å². The fourth-order valence-corrected chi connectivity index (χ4v) is 2.30. The number of carboxylic acid groups (broad SMARTS) is 1. The zero-order chi connectivity index (χ0) is 14.7. The van der Waals surface area contributed by atoms with Crippen molar-refractivity contribution in [1.82, 2.24) is 0 Å². The number of aromatic carboxylic acids is 1. The van der Waals surface area contributed by atoms with Crippen LogP contribution in [0.3, 0.4) is 0 Å². The Balaban J connectivity index is 2.21. The molecule has 0 spiro atoms. The summed E-state index contributed by atoms with van der Waals surface area (Å²) in [7, 11) is 0. The van der Waals surface area contributed by atoms with Crippen LogP contribution < -0.4 is 5.32 Å². The van der Waals surface area contributed by atoms with E-state index in [0.29, 0.717) is 27.8 Å². The maximum atomic E-state index is 11.1. The number of hydrogen-bond acceptors (Lipinski definition) is 2. The van der Waals surface area contributed by atoms with Crippen molar-refractivity contribution in [3.05, 3.63) is 63.1 Å². The van der Waals surface area contributed by atoms with Gasteiger partial charge in [-0.05, 0) is 36.2 Å². The van der Waals surface area contributed by atoms with Crippen LogP contribution in [-0.2, 0) is 6.54 Å². The number of carbonyl (C=O) groups is 1. The lowest BCUT2D eigenvalue weighted by Gasteiger charge is -2.12. The number of nitrogens with one attached hydrogen (secondary N) is 1. The summed E-state index contributed by atoms with van der Waals surface area (Å²) in [6.45, 7) is 2.24. The molecule has 5 heteroatoms. The van der Waals surface area contributed by atoms with Gasteiger partial charge in [0.2, 0.25) is 0 Å². The Hall–Kier alpha value is -1.71. The number of rotatable bonds is 4. The highest BCUT2D eigenvalue weighted by molar-refractivity contribution is 6.35. The molecule has 0 atom stereocenters. The lowest BCUT2D eigenvalue weighted by molar-refractivity contribution is 0.0696. The van der Waals surface area contributed by atoms with Gasteiger partial charge in [0.1, 0.15) is 0 Å². The first-order valence-corrected chi connectivity index (χ1v) is 6.75. The van der Waals surface area contributed by atoms with Crippen molar-refractivity contribution in [3.8, 4) is 0 Å². The van der Waals surface area contributed by atoms with Gasteiger partial charge in [-0.25, -0.2) is 4.79 Å². The summed E-state index contributed by atoms with van der Waals surface area (Å²) in [5.41, 5.74) is 2.54. The molecule has 0 aromatic heterocycles. The van der Waals surface area contributed by atoms with Crippen LogP contribution in [0.4, 0.5) is 5.69 Å². The maximum absolute atomic E-state index is 11.1. The summed E-state index contributed by atoms with van der Waals surface area (Å²) in [5.74, 6) is -0.949. The van der Waals surface area contributed by atoms with Crippen molar-refractivity contribution in [2.24, 2.45) is 0 Å². The van der Waals surface area contributed by atoms with Crippen LogP contribution in [0.1, 0.15) is 21.5 Å². The van der Waals surface area contributed by atoms with Crippen LogP contribution in [0.5, 0.6) is 0 Å². The van der Waals surface area contributed by atoms with Gasteiger partial charge in [-0.1, -0.05) is 41.4 Å². The molecule has 0 fully saturated rings. The second-order valence-electron chi connectivity index (χ2n) is 4.40. The Morgan fingerprint density at radius 2 is 1.90 bits per heavy atom. The molecule has 20 heavy (non-hydrogen) atoms. The molecule has 2 rings (SSSR count). The minimum Gasteiger partial charge on any atom is -0.478 e. The van der Waals surface area contributed by atoms with E-state index in [1.807, 2.05) is 6.92 Å². The van der Waals surface area contributed by atoms with Crippen LogP contribution >= 0.6 is 23.2 Å². The van der Waals surface area contributed by atoms with E-state index >= 15 is 0 Å². The van der Waals surface area contributed by atoms with Crippen LogP contribution in [0.25, 0.3) is 0 Å². The van der Waals surface area contributed by atoms with Gasteiger partial charge in [0.05, 0.1) is 16.3 Å². The van der Waals surface area contributed by atoms with Gasteiger partial charge in [-0.2, -0.15) is 0 Å². The van der Waals surface area contributed by atoms with E-state index in [2.05, 4.69) is 5.32 Å². The molecule has 0 aliphatic carbocycles. The van der Waals surface area contributed by atoms with Crippen molar-refractivity contribution in [2.45, 2.75) is 13.5 Å². The summed E-state index contributed by atoms with van der Waals surface area (Å²) in [4.78, 5) is 11.1. The van der Waals surface area contributed by atoms with Crippen LogP contribution in [0, 0.1) is 6.92 Å². The average Bonchev–Trinajstić information content (AvgIpc) is 2.41. The highest BCUT2D eigenvalue weighted by atomic mass is 35.5. The topological polar surface area (TPSA) is 49.3 Å². The van der Waals surface area contributed by atoms with Crippen molar-refractivity contribution in [1.29, 1.82) is 0 Å². The molecule has 0 radical (unpaired) electrons. The van der Waals surface area contributed by atoms with E-state index in [4.69, 9.17) is 28.3 Å². The number of benzene rings is 2. The minimum absolute atomic E-state index is 0.273. The maximum Gasteiger partial charge on any atom is 0.336 e. The quantitative estimate of drug-likeness (QED) is 0.867. The largest absolute Gasteiger partial charge is 0.478 e. The van der Waals surface area contributed by atoms with Gasteiger partial charge in [-0.3, -0.25) is 0 Å². The molecular formula is C15H13Cl2NO2. The molecule has 2 aromatic rings. The second kappa shape index (κ2) is 6.16. The molecular weight excluding hydrogens is 297 g/mol. The van der Waals surface area contributed by atoms with E-state index in [9.17, 15) is 4.79 Å². The Morgan fingerprint density at radius 1 is 1.20 bits per heavy atom. The average molecular weight is 310 g/mol. The first-order valence-electron chi connectivity index (χ1n) is 5.99. The third-order valence-electron chi connectivity index (χ3n) is 2.97. The van der Waals surface area contributed by atoms with Crippen molar-refractivity contribution < 1.29 is 9.90 Å². The Kier molecular flexibility index (Phi) is 4.53. The highest BCUT2D eigenvalue weighted by Crippen LogP contribution is 2.29. The molecule has 0 amide bonds. The van der Waals surface area contributed by atoms with E-state index in [0.717, 1.165) is 5.56 Å². The van der Waals surface area contributed by atoms with Gasteiger partial charge in [0.15, 0.2) is 0 Å². The lowest BCUT2D eigenvalue weighted by atomic mass is 10.1. The van der Waals surface area contributed by atoms with E-state index in [1.54, 1.807) is 36.4 Å². The zero-order valence-electron chi connectivity index (χ0n) is 10.8. The minimum atomic E-state index is -0.949. The lowest BCUT2D eigenvalue weighted by Crippen LogP contribution is -2.07. The Labute approximate surface area is 127 Å². The third-order valence-corrected chi connectivity index (χ3v) is 3.69. The highest BCUT2D eigenvalue weighted by Gasteiger charge is 2.10. The number of carboxylic acids is 1.